The maximum absolute atomic E-state index is 11.9. The number of fused-ring (bicyclic) bond motifs is 1. The molecule has 0 spiro atoms. The molecule has 0 bridgehead atoms. The van der Waals surface area contributed by atoms with E-state index in [4.69, 9.17) is 0 Å². The van der Waals surface area contributed by atoms with E-state index in [0.717, 1.165) is 12.1 Å². The number of aryl methyl sites for hydroxylation is 2. The summed E-state index contributed by atoms with van der Waals surface area (Å²) in [7, 11) is 0. The molecule has 1 atom stereocenters. The molecular weight excluding hydrogens is 236 g/mol. The molecule has 3 nitrogen and oxygen atoms in total. The second-order valence-corrected chi connectivity index (χ2v) is 5.40. The van der Waals surface area contributed by atoms with Gasteiger partial charge in [0, 0.05) is 12.6 Å². The fourth-order valence-electron chi connectivity index (χ4n) is 2.67. The van der Waals surface area contributed by atoms with Crippen LogP contribution in [-0.2, 0) is 24.1 Å². The van der Waals surface area contributed by atoms with E-state index in [1.54, 1.807) is 0 Å². The van der Waals surface area contributed by atoms with Gasteiger partial charge in [0.05, 0.1) is 6.42 Å². The van der Waals surface area contributed by atoms with Gasteiger partial charge in [0.25, 0.3) is 0 Å². The SMILES string of the molecule is CCN[C@H](C)CNC(=O)Cc1ccc2c(c1)CCC2. The van der Waals surface area contributed by atoms with Crippen molar-refractivity contribution in [3.63, 3.8) is 0 Å². The number of carbonyl (C=O) groups is 1. The highest BCUT2D eigenvalue weighted by Gasteiger charge is 2.12. The summed E-state index contributed by atoms with van der Waals surface area (Å²) in [5.74, 6) is 0.114. The third kappa shape index (κ3) is 4.06. The lowest BCUT2D eigenvalue weighted by Crippen LogP contribution is -2.39. The lowest BCUT2D eigenvalue weighted by Gasteiger charge is -2.13. The van der Waals surface area contributed by atoms with Crippen LogP contribution in [0.15, 0.2) is 18.2 Å². The second-order valence-electron chi connectivity index (χ2n) is 5.40. The molecule has 0 fully saturated rings. The monoisotopic (exact) mass is 260 g/mol. The number of rotatable bonds is 6. The molecule has 0 saturated heterocycles. The molecular formula is C16H24N2O. The van der Waals surface area contributed by atoms with Crippen LogP contribution in [0.5, 0.6) is 0 Å². The first kappa shape index (κ1) is 14.1. The van der Waals surface area contributed by atoms with Gasteiger partial charge < -0.3 is 10.6 Å². The van der Waals surface area contributed by atoms with Crippen molar-refractivity contribution in [3.8, 4) is 0 Å². The van der Waals surface area contributed by atoms with Gasteiger partial charge in [-0.2, -0.15) is 0 Å². The summed E-state index contributed by atoms with van der Waals surface area (Å²) < 4.78 is 0. The van der Waals surface area contributed by atoms with E-state index in [0.29, 0.717) is 19.0 Å². The molecule has 0 heterocycles. The number of hydrogen-bond acceptors (Lipinski definition) is 2. The number of amides is 1. The zero-order valence-corrected chi connectivity index (χ0v) is 12.0. The number of nitrogens with one attached hydrogen (secondary N) is 2. The first-order valence-electron chi connectivity index (χ1n) is 7.29. The Morgan fingerprint density at radius 3 is 2.89 bits per heavy atom. The summed E-state index contributed by atoms with van der Waals surface area (Å²) >= 11 is 0. The van der Waals surface area contributed by atoms with Crippen LogP contribution in [0.2, 0.25) is 0 Å². The van der Waals surface area contributed by atoms with Crippen molar-refractivity contribution >= 4 is 5.91 Å². The average molecular weight is 260 g/mol. The van der Waals surface area contributed by atoms with Gasteiger partial charge in [-0.25, -0.2) is 0 Å². The number of carbonyl (C=O) groups excluding carboxylic acids is 1. The van der Waals surface area contributed by atoms with Gasteiger partial charge >= 0.3 is 0 Å². The molecule has 1 aliphatic carbocycles. The molecule has 2 N–H and O–H groups in total. The molecule has 3 heteroatoms. The Kier molecular flexibility index (Phi) is 4.97. The fourth-order valence-corrected chi connectivity index (χ4v) is 2.67. The molecule has 2 rings (SSSR count). The van der Waals surface area contributed by atoms with Gasteiger partial charge in [-0.1, -0.05) is 25.1 Å². The number of benzene rings is 1. The van der Waals surface area contributed by atoms with E-state index < -0.39 is 0 Å². The average Bonchev–Trinajstić information content (AvgIpc) is 2.84. The summed E-state index contributed by atoms with van der Waals surface area (Å²) in [6.07, 6.45) is 4.11. The van der Waals surface area contributed by atoms with Gasteiger partial charge in [0.1, 0.15) is 0 Å². The van der Waals surface area contributed by atoms with Crippen molar-refractivity contribution in [3.05, 3.63) is 34.9 Å². The number of hydrogen-bond donors (Lipinski definition) is 2. The summed E-state index contributed by atoms with van der Waals surface area (Å²) in [6, 6.07) is 6.81. The Labute approximate surface area is 115 Å². The predicted molar refractivity (Wildman–Crippen MR) is 78.3 cm³/mol. The smallest absolute Gasteiger partial charge is 0.224 e. The van der Waals surface area contributed by atoms with E-state index >= 15 is 0 Å². The molecule has 0 saturated carbocycles. The molecule has 104 valence electrons. The largest absolute Gasteiger partial charge is 0.354 e. The second kappa shape index (κ2) is 6.71. The van der Waals surface area contributed by atoms with Crippen molar-refractivity contribution in [2.24, 2.45) is 0 Å². The summed E-state index contributed by atoms with van der Waals surface area (Å²) in [6.45, 7) is 5.78. The van der Waals surface area contributed by atoms with Gasteiger partial charge in [0.2, 0.25) is 5.91 Å². The zero-order chi connectivity index (χ0) is 13.7. The first-order valence-corrected chi connectivity index (χ1v) is 7.29. The van der Waals surface area contributed by atoms with Gasteiger partial charge in [-0.3, -0.25) is 4.79 Å². The van der Waals surface area contributed by atoms with Crippen molar-refractivity contribution in [2.45, 2.75) is 45.6 Å². The van der Waals surface area contributed by atoms with E-state index in [1.165, 1.54) is 30.4 Å². The van der Waals surface area contributed by atoms with Gasteiger partial charge in [-0.15, -0.1) is 0 Å². The Morgan fingerprint density at radius 1 is 1.32 bits per heavy atom. The van der Waals surface area contributed by atoms with Crippen molar-refractivity contribution < 1.29 is 4.79 Å². The van der Waals surface area contributed by atoms with Crippen LogP contribution in [0.4, 0.5) is 0 Å². The highest BCUT2D eigenvalue weighted by atomic mass is 16.1. The molecule has 1 aromatic carbocycles. The van der Waals surface area contributed by atoms with Gasteiger partial charge in [-0.05, 0) is 49.4 Å². The molecule has 1 amide bonds. The Hall–Kier alpha value is -1.35. The highest BCUT2D eigenvalue weighted by molar-refractivity contribution is 5.78. The molecule has 1 aromatic rings. The normalized spacial score (nSPS) is 15.1. The predicted octanol–water partition coefficient (Wildman–Crippen LogP) is 1.83. The minimum atomic E-state index is 0.114. The standard InChI is InChI=1S/C16H24N2O/c1-3-17-12(2)11-18-16(19)10-13-7-8-14-5-4-6-15(14)9-13/h7-9,12,17H,3-6,10-11H2,1-2H3,(H,18,19)/t12-/m1/s1. The van der Waals surface area contributed by atoms with Crippen LogP contribution in [0.1, 0.15) is 37.0 Å². The molecule has 1 aliphatic rings. The first-order chi connectivity index (χ1) is 9.19. The van der Waals surface area contributed by atoms with Crippen LogP contribution in [0.25, 0.3) is 0 Å². The molecule has 0 unspecified atom stereocenters. The third-order valence-corrected chi connectivity index (χ3v) is 3.69. The summed E-state index contributed by atoms with van der Waals surface area (Å²) in [4.78, 5) is 11.9. The van der Waals surface area contributed by atoms with Crippen LogP contribution < -0.4 is 10.6 Å². The maximum atomic E-state index is 11.9. The lowest BCUT2D eigenvalue weighted by atomic mass is 10.0. The van der Waals surface area contributed by atoms with E-state index in [1.807, 2.05) is 0 Å². The van der Waals surface area contributed by atoms with Gasteiger partial charge in [0.15, 0.2) is 0 Å². The highest BCUT2D eigenvalue weighted by Crippen LogP contribution is 2.22. The van der Waals surface area contributed by atoms with Crippen LogP contribution in [0, 0.1) is 0 Å². The lowest BCUT2D eigenvalue weighted by molar-refractivity contribution is -0.120. The number of likely N-dealkylation sites (N-methyl/N-ethyl adjacent to an activating group) is 1. The molecule has 0 aromatic heterocycles. The third-order valence-electron chi connectivity index (χ3n) is 3.69. The summed E-state index contributed by atoms with van der Waals surface area (Å²) in [5.41, 5.74) is 4.03. The quantitative estimate of drug-likeness (QED) is 0.819. The van der Waals surface area contributed by atoms with E-state index in [2.05, 4.69) is 42.7 Å². The fraction of sp³-hybridized carbons (Fsp3) is 0.562. The zero-order valence-electron chi connectivity index (χ0n) is 12.0. The topological polar surface area (TPSA) is 41.1 Å². The Bertz CT molecular complexity index is 442. The van der Waals surface area contributed by atoms with Crippen molar-refractivity contribution in [2.75, 3.05) is 13.1 Å². The Morgan fingerprint density at radius 2 is 2.11 bits per heavy atom. The van der Waals surface area contributed by atoms with Crippen molar-refractivity contribution in [1.29, 1.82) is 0 Å². The van der Waals surface area contributed by atoms with E-state index in [9.17, 15) is 4.79 Å². The minimum Gasteiger partial charge on any atom is -0.354 e. The van der Waals surface area contributed by atoms with Crippen LogP contribution in [-0.4, -0.2) is 25.0 Å². The molecule has 0 aliphatic heterocycles. The van der Waals surface area contributed by atoms with Crippen molar-refractivity contribution in [1.82, 2.24) is 10.6 Å². The van der Waals surface area contributed by atoms with Crippen LogP contribution in [0.3, 0.4) is 0 Å². The van der Waals surface area contributed by atoms with E-state index in [-0.39, 0.29) is 5.91 Å². The Balaban J connectivity index is 1.82. The van der Waals surface area contributed by atoms with Crippen LogP contribution >= 0.6 is 0 Å². The molecule has 19 heavy (non-hydrogen) atoms. The summed E-state index contributed by atoms with van der Waals surface area (Å²) in [5, 5.41) is 6.27. The molecule has 0 radical (unpaired) electrons. The maximum Gasteiger partial charge on any atom is 0.224 e. The minimum absolute atomic E-state index is 0.114.